The van der Waals surface area contributed by atoms with E-state index < -0.39 is 0 Å². The average Bonchev–Trinajstić information content (AvgIpc) is 2.92. The molecule has 0 saturated heterocycles. The van der Waals surface area contributed by atoms with E-state index in [9.17, 15) is 4.79 Å². The standard InChI is InChI=1S/C15H15ClN4O/c1-2-19-12(9-17)7-15(21)20-14(19)8-13(18-20)10-4-3-5-11(16)6-10/h3-8H,2,9,17H2,1H3. The number of benzene rings is 1. The number of nitrogens with zero attached hydrogens (tertiary/aromatic N) is 3. The van der Waals surface area contributed by atoms with E-state index >= 15 is 0 Å². The average molecular weight is 303 g/mol. The summed E-state index contributed by atoms with van der Waals surface area (Å²) in [5, 5.41) is 5.03. The third-order valence-electron chi connectivity index (χ3n) is 3.46. The Hall–Kier alpha value is -2.11. The summed E-state index contributed by atoms with van der Waals surface area (Å²) in [6.07, 6.45) is 0. The molecule has 3 rings (SSSR count). The van der Waals surface area contributed by atoms with Crippen LogP contribution in [0.25, 0.3) is 16.9 Å². The van der Waals surface area contributed by atoms with E-state index in [1.54, 1.807) is 6.07 Å². The molecule has 0 atom stereocenters. The third kappa shape index (κ3) is 2.34. The first-order valence-electron chi connectivity index (χ1n) is 6.72. The van der Waals surface area contributed by atoms with Crippen LogP contribution in [0.15, 0.2) is 41.2 Å². The summed E-state index contributed by atoms with van der Waals surface area (Å²) in [5.74, 6) is 0. The number of rotatable bonds is 3. The monoisotopic (exact) mass is 302 g/mol. The van der Waals surface area contributed by atoms with Crippen molar-refractivity contribution in [2.24, 2.45) is 5.73 Å². The van der Waals surface area contributed by atoms with Gasteiger partial charge in [0.2, 0.25) is 0 Å². The van der Waals surface area contributed by atoms with E-state index in [0.717, 1.165) is 23.4 Å². The van der Waals surface area contributed by atoms with Crippen molar-refractivity contribution in [3.8, 4) is 11.3 Å². The molecular formula is C15H15ClN4O. The van der Waals surface area contributed by atoms with Crippen molar-refractivity contribution >= 4 is 17.2 Å². The van der Waals surface area contributed by atoms with Crippen LogP contribution < -0.4 is 11.3 Å². The molecule has 2 heterocycles. The normalized spacial score (nSPS) is 11.2. The molecule has 0 fully saturated rings. The quantitative estimate of drug-likeness (QED) is 0.807. The van der Waals surface area contributed by atoms with Crippen LogP contribution in [-0.2, 0) is 13.1 Å². The summed E-state index contributed by atoms with van der Waals surface area (Å²) in [7, 11) is 0. The van der Waals surface area contributed by atoms with Gasteiger partial charge in [0, 0.05) is 41.5 Å². The maximum absolute atomic E-state index is 12.1. The zero-order valence-electron chi connectivity index (χ0n) is 11.6. The molecule has 0 aliphatic rings. The molecule has 0 spiro atoms. The highest BCUT2D eigenvalue weighted by molar-refractivity contribution is 6.30. The first kappa shape index (κ1) is 13.9. The third-order valence-corrected chi connectivity index (χ3v) is 3.69. The molecule has 0 unspecified atom stereocenters. The molecule has 2 aromatic heterocycles. The van der Waals surface area contributed by atoms with Gasteiger partial charge in [0.15, 0.2) is 0 Å². The molecule has 0 amide bonds. The lowest BCUT2D eigenvalue weighted by atomic mass is 10.1. The predicted octanol–water partition coefficient (Wildman–Crippen LogP) is 2.29. The summed E-state index contributed by atoms with van der Waals surface area (Å²) in [4.78, 5) is 12.1. The van der Waals surface area contributed by atoms with Crippen LogP contribution in [0.3, 0.4) is 0 Å². The Morgan fingerprint density at radius 2 is 2.10 bits per heavy atom. The maximum Gasteiger partial charge on any atom is 0.274 e. The maximum atomic E-state index is 12.1. The number of hydrogen-bond acceptors (Lipinski definition) is 3. The minimum Gasteiger partial charge on any atom is -0.329 e. The fourth-order valence-electron chi connectivity index (χ4n) is 2.48. The van der Waals surface area contributed by atoms with Gasteiger partial charge in [-0.05, 0) is 19.1 Å². The van der Waals surface area contributed by atoms with Crippen LogP contribution in [-0.4, -0.2) is 14.2 Å². The van der Waals surface area contributed by atoms with Gasteiger partial charge < -0.3 is 10.3 Å². The van der Waals surface area contributed by atoms with Crippen LogP contribution >= 0.6 is 11.6 Å². The molecule has 0 saturated carbocycles. The van der Waals surface area contributed by atoms with Crippen molar-refractivity contribution in [3.63, 3.8) is 0 Å². The van der Waals surface area contributed by atoms with Crippen LogP contribution in [0.4, 0.5) is 0 Å². The Morgan fingerprint density at radius 3 is 2.76 bits per heavy atom. The molecule has 6 heteroatoms. The Bertz CT molecular complexity index is 866. The van der Waals surface area contributed by atoms with Gasteiger partial charge in [-0.3, -0.25) is 4.79 Å². The Kier molecular flexibility index (Phi) is 3.53. The van der Waals surface area contributed by atoms with E-state index in [4.69, 9.17) is 17.3 Å². The molecule has 3 aromatic rings. The van der Waals surface area contributed by atoms with Crippen molar-refractivity contribution in [2.75, 3.05) is 0 Å². The number of nitrogens with two attached hydrogens (primary N) is 1. The van der Waals surface area contributed by atoms with Gasteiger partial charge in [-0.2, -0.15) is 9.61 Å². The first-order chi connectivity index (χ1) is 10.1. The highest BCUT2D eigenvalue weighted by atomic mass is 35.5. The summed E-state index contributed by atoms with van der Waals surface area (Å²) in [5.41, 5.74) is 8.67. The number of hydrogen-bond donors (Lipinski definition) is 1. The van der Waals surface area contributed by atoms with Gasteiger partial charge in [0.05, 0.1) is 5.69 Å². The minimum atomic E-state index is -0.177. The van der Waals surface area contributed by atoms with E-state index in [1.165, 1.54) is 10.6 Å². The van der Waals surface area contributed by atoms with Crippen LogP contribution in [0.5, 0.6) is 0 Å². The van der Waals surface area contributed by atoms with Gasteiger partial charge in [0.1, 0.15) is 5.65 Å². The molecule has 5 nitrogen and oxygen atoms in total. The number of fused-ring (bicyclic) bond motifs is 1. The lowest BCUT2D eigenvalue weighted by Gasteiger charge is -2.10. The SMILES string of the molecule is CCn1c(CN)cc(=O)n2nc(-c3cccc(Cl)c3)cc12. The molecule has 108 valence electrons. The molecular weight excluding hydrogens is 288 g/mol. The molecule has 0 aliphatic carbocycles. The predicted molar refractivity (Wildman–Crippen MR) is 83.5 cm³/mol. The van der Waals surface area contributed by atoms with Crippen molar-refractivity contribution < 1.29 is 0 Å². The summed E-state index contributed by atoms with van der Waals surface area (Å²) >= 11 is 6.01. The van der Waals surface area contributed by atoms with Crippen LogP contribution in [0.1, 0.15) is 12.6 Å². The minimum absolute atomic E-state index is 0.177. The van der Waals surface area contributed by atoms with E-state index in [2.05, 4.69) is 5.10 Å². The van der Waals surface area contributed by atoms with Gasteiger partial charge in [-0.25, -0.2) is 0 Å². The number of aromatic nitrogens is 3. The molecule has 2 N–H and O–H groups in total. The largest absolute Gasteiger partial charge is 0.329 e. The number of halogens is 1. The second-order valence-corrected chi connectivity index (χ2v) is 5.17. The fraction of sp³-hybridized carbons (Fsp3) is 0.200. The van der Waals surface area contributed by atoms with Crippen molar-refractivity contribution in [1.82, 2.24) is 14.2 Å². The topological polar surface area (TPSA) is 65.3 Å². The second-order valence-electron chi connectivity index (χ2n) is 4.73. The van der Waals surface area contributed by atoms with Crippen molar-refractivity contribution in [1.29, 1.82) is 0 Å². The molecule has 21 heavy (non-hydrogen) atoms. The highest BCUT2D eigenvalue weighted by Crippen LogP contribution is 2.22. The summed E-state index contributed by atoms with van der Waals surface area (Å²) < 4.78 is 3.39. The Labute approximate surface area is 126 Å². The van der Waals surface area contributed by atoms with Gasteiger partial charge in [-0.1, -0.05) is 23.7 Å². The lowest BCUT2D eigenvalue weighted by molar-refractivity contribution is 0.690. The second kappa shape index (κ2) is 5.35. The van der Waals surface area contributed by atoms with Gasteiger partial charge in [0.25, 0.3) is 5.56 Å². The van der Waals surface area contributed by atoms with Gasteiger partial charge >= 0.3 is 0 Å². The van der Waals surface area contributed by atoms with Crippen LogP contribution in [0, 0.1) is 0 Å². The highest BCUT2D eigenvalue weighted by Gasteiger charge is 2.12. The first-order valence-corrected chi connectivity index (χ1v) is 7.10. The zero-order chi connectivity index (χ0) is 15.0. The smallest absolute Gasteiger partial charge is 0.274 e. The van der Waals surface area contributed by atoms with E-state index in [0.29, 0.717) is 17.3 Å². The molecule has 0 radical (unpaired) electrons. The number of aryl methyl sites for hydroxylation is 1. The molecule has 0 bridgehead atoms. The molecule has 1 aromatic carbocycles. The van der Waals surface area contributed by atoms with Crippen molar-refractivity contribution in [3.05, 3.63) is 57.5 Å². The van der Waals surface area contributed by atoms with E-state index in [-0.39, 0.29) is 5.56 Å². The van der Waals surface area contributed by atoms with E-state index in [1.807, 2.05) is 35.8 Å². The zero-order valence-corrected chi connectivity index (χ0v) is 12.3. The Balaban J connectivity index is 2.29. The lowest BCUT2D eigenvalue weighted by Crippen LogP contribution is -2.22. The summed E-state index contributed by atoms with van der Waals surface area (Å²) in [6, 6.07) is 10.8. The fourth-order valence-corrected chi connectivity index (χ4v) is 2.67. The molecule has 0 aliphatic heterocycles. The Morgan fingerprint density at radius 1 is 1.29 bits per heavy atom. The van der Waals surface area contributed by atoms with Crippen LogP contribution in [0.2, 0.25) is 5.02 Å². The van der Waals surface area contributed by atoms with Crippen molar-refractivity contribution in [2.45, 2.75) is 20.0 Å². The summed E-state index contributed by atoms with van der Waals surface area (Å²) in [6.45, 7) is 3.05. The van der Waals surface area contributed by atoms with Gasteiger partial charge in [-0.15, -0.1) is 0 Å².